The van der Waals surface area contributed by atoms with Crippen LogP contribution in [0.3, 0.4) is 0 Å². The number of aromatic hydroxyl groups is 2. The summed E-state index contributed by atoms with van der Waals surface area (Å²) in [6.07, 6.45) is -35.1. The van der Waals surface area contributed by atoms with Gasteiger partial charge in [0.25, 0.3) is 0 Å². The first-order valence-corrected chi connectivity index (χ1v) is 47.2. The normalized spacial score (nSPS) is 26.5. The lowest BCUT2D eigenvalue weighted by molar-refractivity contribution is -0.367. The van der Waals surface area contributed by atoms with Gasteiger partial charge in [-0.1, -0.05) is 50.2 Å². The highest BCUT2D eigenvalue weighted by Crippen LogP contribution is 2.51. The third-order valence-corrected chi connectivity index (χ3v) is 24.2. The number of ether oxygens (including phenoxy) is 20. The van der Waals surface area contributed by atoms with Crippen LogP contribution in [0.2, 0.25) is 0 Å². The number of Topliss-reactive ketones (excluding diaryl/α,β-unsaturated/α-hetero) is 4. The first-order valence-electron chi connectivity index (χ1n) is 47.2. The number of unbranched alkanes of at least 4 members (excludes halogenated alkanes) is 3. The Kier molecular flexibility index (Phi) is 48.5. The number of nitrogens with one attached hydrogen (secondary N) is 4. The van der Waals surface area contributed by atoms with Gasteiger partial charge in [-0.3, -0.25) is 38.4 Å². The number of rotatable bonds is 62. The quantitative estimate of drug-likeness (QED) is 0.0187. The molecule has 6 aliphatic rings. The summed E-state index contributed by atoms with van der Waals surface area (Å²) in [5.74, 6) is -6.27. The number of aliphatic hydroxyl groups excluding tert-OH is 10. The Morgan fingerprint density at radius 3 is 1.47 bits per heavy atom. The molecule has 0 saturated carbocycles. The van der Waals surface area contributed by atoms with E-state index < -0.39 is 216 Å². The van der Waals surface area contributed by atoms with Gasteiger partial charge in [-0.05, 0) is 75.5 Å². The lowest BCUT2D eigenvalue weighted by atomic mass is 9.76. The van der Waals surface area contributed by atoms with Gasteiger partial charge in [-0.15, -0.1) is 0 Å². The van der Waals surface area contributed by atoms with Gasteiger partial charge in [0.1, 0.15) is 109 Å². The fraction of sp³-hybridized carbons (Fsp3) is 0.702. The van der Waals surface area contributed by atoms with E-state index in [9.17, 15) is 109 Å². The molecule has 0 aromatic heterocycles. The van der Waals surface area contributed by atoms with Gasteiger partial charge in [-0.25, -0.2) is 9.59 Å². The molecule has 0 spiro atoms. The molecule has 2 aliphatic carbocycles. The number of ketones is 6. The summed E-state index contributed by atoms with van der Waals surface area (Å²) in [5, 5.41) is 142. The van der Waals surface area contributed by atoms with Crippen LogP contribution in [0.1, 0.15) is 165 Å². The molecule has 786 valence electrons. The maximum Gasteiger partial charge on any atom is 0.407 e. The molecule has 4 amide bonds. The van der Waals surface area contributed by atoms with Gasteiger partial charge < -0.3 is 177 Å². The second-order valence-corrected chi connectivity index (χ2v) is 34.7. The van der Waals surface area contributed by atoms with Gasteiger partial charge in [0.05, 0.1) is 167 Å². The second kappa shape index (κ2) is 59.0. The number of hydrogen-bond donors (Lipinski definition) is 16. The van der Waals surface area contributed by atoms with Crippen molar-refractivity contribution in [3.63, 3.8) is 0 Å². The number of hydrogen-bond acceptors (Lipinski definition) is 42. The van der Waals surface area contributed by atoms with Crippen molar-refractivity contribution in [2.45, 2.75) is 265 Å². The summed E-state index contributed by atoms with van der Waals surface area (Å²) in [6, 6.07) is 8.21. The number of phenols is 2. The molecule has 16 N–H and O–H groups in total. The molecular formula is C94H138N4O42. The predicted molar refractivity (Wildman–Crippen MR) is 480 cm³/mol. The zero-order valence-corrected chi connectivity index (χ0v) is 79.8. The summed E-state index contributed by atoms with van der Waals surface area (Å²) >= 11 is 0. The Morgan fingerprint density at radius 2 is 0.957 bits per heavy atom. The van der Waals surface area contributed by atoms with E-state index in [1.165, 1.54) is 25.3 Å². The van der Waals surface area contributed by atoms with Gasteiger partial charge in [0, 0.05) is 102 Å². The van der Waals surface area contributed by atoms with Crippen molar-refractivity contribution in [3.05, 3.63) is 87.0 Å². The van der Waals surface area contributed by atoms with Crippen LogP contribution < -0.4 is 26.0 Å². The maximum atomic E-state index is 14.2. The van der Waals surface area contributed by atoms with E-state index in [1.807, 2.05) is 0 Å². The van der Waals surface area contributed by atoms with Crippen LogP contribution in [0, 0.1) is 5.92 Å². The zero-order valence-electron chi connectivity index (χ0n) is 79.8. The van der Waals surface area contributed by atoms with Crippen LogP contribution in [0.25, 0.3) is 0 Å². The number of amides is 4. The Morgan fingerprint density at radius 1 is 0.471 bits per heavy atom. The number of benzene rings is 3. The summed E-state index contributed by atoms with van der Waals surface area (Å²) in [6.45, 7) is 10.1. The standard InChI is InChI=1S/C94H138N4O42/c1-50(2)71(89(118)96-51(3)62(105)45-53-20-22-54(23-21-53)49-133-94(120)97-58-48-66(134-52(4)72(58)107)135-64-47-55(101)46-57-68(64)76(111)70-69(74(57)109)73(108)56-15-14-19-63(121-5)67(56)75(70)110)98-65(106)24-29-124-31-33-126-35-37-128-39-41-130-43-44-131-42-40-129-38-36-127-34-32-125-30-25-95-93(119)132-28-13-10-18-61(104)85-88(140-91-81(116)77(112)86(122-6)83(137-91)59(102)16-8-11-26-99)79(114)82(117)92(138-85)139-87-78(113)80(115)90(123-7)136-84(87)60(103)17-9-12-27-100/h14-15,19-23,50-52,55,58,64,66,71-72,77-88,90-92,99-101,107,109,111-117H,8-13,16-18,24-49H2,1-7H3,(H,95,119)(H,96,118)(H,97,120)(H,98,106)/t51-,52-,55-,58-,64-,66-,71-,72-,77?,78?,79?,80?,81?,82?,83?,84?,85?,86?,87?,88?,90?,91?,92?/m0/s1. The van der Waals surface area contributed by atoms with E-state index >= 15 is 0 Å². The lowest BCUT2D eigenvalue weighted by Crippen LogP contribution is -2.67. The molecule has 4 saturated heterocycles. The van der Waals surface area contributed by atoms with E-state index in [2.05, 4.69) is 21.3 Å². The van der Waals surface area contributed by atoms with Gasteiger partial charge >= 0.3 is 12.2 Å². The van der Waals surface area contributed by atoms with Crippen molar-refractivity contribution in [3.8, 4) is 17.2 Å². The van der Waals surface area contributed by atoms with Gasteiger partial charge in [0.2, 0.25) is 17.6 Å². The number of fused-ring (bicyclic) bond motifs is 3. The van der Waals surface area contributed by atoms with Crippen LogP contribution in [0.4, 0.5) is 9.59 Å². The Bertz CT molecular complexity index is 4420. The third kappa shape index (κ3) is 33.0. The lowest BCUT2D eigenvalue weighted by Gasteiger charge is -2.48. The molecule has 15 unspecified atom stereocenters. The molecule has 140 heavy (non-hydrogen) atoms. The molecule has 3 aromatic carbocycles. The zero-order chi connectivity index (χ0) is 102. The Hall–Kier alpha value is -8.52. The topological polar surface area (TPSA) is 646 Å². The molecule has 3 aromatic rings. The van der Waals surface area contributed by atoms with Gasteiger partial charge in [-0.2, -0.15) is 0 Å². The number of phenolic OH excluding ortho intramolecular Hbond substituents is 2. The highest BCUT2D eigenvalue weighted by atomic mass is 16.8. The minimum atomic E-state index is -2.16. The van der Waals surface area contributed by atoms with Gasteiger partial charge in [0.15, 0.2) is 54.1 Å². The fourth-order valence-corrected chi connectivity index (χ4v) is 16.5. The van der Waals surface area contributed by atoms with Crippen LogP contribution in [-0.4, -0.2) is 408 Å². The molecule has 23 atom stereocenters. The largest absolute Gasteiger partial charge is 0.507 e. The van der Waals surface area contributed by atoms with Crippen LogP contribution >= 0.6 is 0 Å². The average molecular weight is 2000 g/mol. The maximum absolute atomic E-state index is 14.2. The molecular weight excluding hydrogens is 1860 g/mol. The number of methoxy groups -OCH3 is 3. The van der Waals surface area contributed by atoms with E-state index in [-0.39, 0.29) is 209 Å². The van der Waals surface area contributed by atoms with E-state index in [0.29, 0.717) is 70.6 Å². The van der Waals surface area contributed by atoms with Crippen molar-refractivity contribution in [2.75, 3.05) is 153 Å². The monoisotopic (exact) mass is 1990 g/mol. The van der Waals surface area contributed by atoms with Crippen molar-refractivity contribution < 1.29 is 204 Å². The number of carbonyl (C=O) groups is 10. The number of alkyl carbamates (subject to hydrolysis) is 2. The highest BCUT2D eigenvalue weighted by molar-refractivity contribution is 6.31. The molecule has 0 bridgehead atoms. The summed E-state index contributed by atoms with van der Waals surface area (Å²) < 4.78 is 112. The molecule has 46 nitrogen and oxygen atoms in total. The van der Waals surface area contributed by atoms with Crippen molar-refractivity contribution in [2.24, 2.45) is 5.92 Å². The summed E-state index contributed by atoms with van der Waals surface area (Å²) in [5.41, 5.74) is 0.175. The molecule has 9 rings (SSSR count). The minimum Gasteiger partial charge on any atom is -0.507 e. The summed E-state index contributed by atoms with van der Waals surface area (Å²) in [7, 11) is 3.64. The predicted octanol–water partition coefficient (Wildman–Crippen LogP) is -0.982. The van der Waals surface area contributed by atoms with Crippen LogP contribution in [-0.2, 0) is 138 Å². The van der Waals surface area contributed by atoms with Crippen molar-refractivity contribution >= 4 is 58.7 Å². The third-order valence-electron chi connectivity index (χ3n) is 24.2. The Balaban J connectivity index is 0.547. The number of carbonyl (C=O) groups excluding carboxylic acids is 10. The molecule has 46 heteroatoms. The fourth-order valence-electron chi connectivity index (χ4n) is 16.5. The van der Waals surface area contributed by atoms with E-state index in [4.69, 9.17) is 94.7 Å². The van der Waals surface area contributed by atoms with E-state index in [1.54, 1.807) is 52.0 Å². The highest BCUT2D eigenvalue weighted by Gasteiger charge is 2.57. The smallest absolute Gasteiger partial charge is 0.407 e. The first-order chi connectivity index (χ1) is 67.3. The average Bonchev–Trinajstić information content (AvgIpc) is 0.712. The van der Waals surface area contributed by atoms with Crippen molar-refractivity contribution in [1.82, 2.24) is 21.3 Å². The second-order valence-electron chi connectivity index (χ2n) is 34.7. The molecule has 4 fully saturated rings. The minimum absolute atomic E-state index is 0.00839. The molecule has 4 aliphatic heterocycles. The van der Waals surface area contributed by atoms with E-state index in [0.717, 1.165) is 14.2 Å². The SMILES string of the molecule is COc1cccc2c1C(=O)c1c(O)c3c(c(O)c1C2=O)C[C@H](O)C[C@@H]3O[C@H]1C[C@H](NC(=O)OCc2ccc(CC(=O)[C@H](C)NC(=O)[C@@H](NC(=O)CCOCCOCCOCCOCCOCCOCCOCCOCCNC(=O)OCCCCC(=O)C3OC(OC4C(C(=O)CCCCO)OC(OC)C(O)C4O)C(O)C(O)C3OC3OC(C(=O)CCCCO)C(OC)C(O)C3O)C(C)C)cc2)[C@@H](O)[C@H](C)O1. The van der Waals surface area contributed by atoms with Crippen LogP contribution in [0.15, 0.2) is 42.5 Å². The molecule has 4 heterocycles. The molecule has 0 radical (unpaired) electrons. The summed E-state index contributed by atoms with van der Waals surface area (Å²) in [4.78, 5) is 134. The first kappa shape index (κ1) is 115. The number of aliphatic hydroxyl groups is 10. The van der Waals surface area contributed by atoms with Crippen LogP contribution in [0.5, 0.6) is 17.2 Å². The van der Waals surface area contributed by atoms with Crippen molar-refractivity contribution in [1.29, 1.82) is 0 Å². The Labute approximate surface area is 809 Å².